The molecule has 0 aliphatic heterocycles. The summed E-state index contributed by atoms with van der Waals surface area (Å²) in [6.07, 6.45) is 4.44. The Morgan fingerprint density at radius 1 is 1.30 bits per heavy atom. The van der Waals surface area contributed by atoms with Crippen molar-refractivity contribution in [2.24, 2.45) is 5.92 Å². The van der Waals surface area contributed by atoms with E-state index in [0.29, 0.717) is 5.92 Å². The van der Waals surface area contributed by atoms with Crippen LogP contribution in [0.25, 0.3) is 0 Å². The van der Waals surface area contributed by atoms with Crippen LogP contribution in [-0.4, -0.2) is 18.6 Å². The molecule has 2 atom stereocenters. The molecule has 2 rings (SSSR count). The Kier molecular flexibility index (Phi) is 4.93. The number of rotatable bonds is 4. The van der Waals surface area contributed by atoms with E-state index in [2.05, 4.69) is 12.2 Å². The number of benzene rings is 1. The predicted octanol–water partition coefficient (Wildman–Crippen LogP) is 3.04. The average molecular weight is 283 g/mol. The molecule has 1 aromatic rings. The number of ether oxygens (including phenoxy) is 1. The molecule has 2 unspecified atom stereocenters. The Morgan fingerprint density at radius 3 is 2.75 bits per heavy atom. The fourth-order valence-corrected chi connectivity index (χ4v) is 2.49. The van der Waals surface area contributed by atoms with Gasteiger partial charge in [-0.1, -0.05) is 19.8 Å². The lowest BCUT2D eigenvalue weighted by Gasteiger charge is -2.29. The maximum Gasteiger partial charge on any atom is 0.258 e. The highest BCUT2D eigenvalue weighted by Crippen LogP contribution is 2.23. The molecule has 0 radical (unpaired) electrons. The van der Waals surface area contributed by atoms with E-state index in [-0.39, 0.29) is 24.3 Å². The van der Waals surface area contributed by atoms with E-state index >= 15 is 0 Å². The first-order chi connectivity index (χ1) is 9.56. The second-order valence-electron chi connectivity index (χ2n) is 5.30. The minimum Gasteiger partial charge on any atom is -0.484 e. The van der Waals surface area contributed by atoms with Gasteiger partial charge in [-0.25, -0.2) is 8.78 Å². The van der Waals surface area contributed by atoms with Crippen molar-refractivity contribution in [3.8, 4) is 5.75 Å². The van der Waals surface area contributed by atoms with Crippen LogP contribution in [0.1, 0.15) is 32.6 Å². The summed E-state index contributed by atoms with van der Waals surface area (Å²) in [5.41, 5.74) is 0. The number of halogens is 2. The first-order valence-electron chi connectivity index (χ1n) is 6.93. The SMILES string of the molecule is CC1CCCCC1NC(=O)COc1ccc(F)c(F)c1. The lowest BCUT2D eigenvalue weighted by Crippen LogP contribution is -2.43. The van der Waals surface area contributed by atoms with Crippen molar-refractivity contribution in [1.29, 1.82) is 0 Å². The molecule has 0 heterocycles. The van der Waals surface area contributed by atoms with Crippen LogP contribution in [0.3, 0.4) is 0 Å². The molecular formula is C15H19F2NO2. The van der Waals surface area contributed by atoms with Crippen LogP contribution in [0.2, 0.25) is 0 Å². The molecule has 20 heavy (non-hydrogen) atoms. The zero-order chi connectivity index (χ0) is 14.5. The molecule has 3 nitrogen and oxygen atoms in total. The predicted molar refractivity (Wildman–Crippen MR) is 71.4 cm³/mol. The van der Waals surface area contributed by atoms with Crippen LogP contribution in [0, 0.1) is 17.6 Å². The van der Waals surface area contributed by atoms with Crippen molar-refractivity contribution in [1.82, 2.24) is 5.32 Å². The van der Waals surface area contributed by atoms with Crippen LogP contribution < -0.4 is 10.1 Å². The first-order valence-corrected chi connectivity index (χ1v) is 6.93. The standard InChI is InChI=1S/C15H19F2NO2/c1-10-4-2-3-5-14(10)18-15(19)9-20-11-6-7-12(16)13(17)8-11/h6-8,10,14H,2-5,9H2,1H3,(H,18,19). The molecule has 1 N–H and O–H groups in total. The number of nitrogens with one attached hydrogen (secondary N) is 1. The summed E-state index contributed by atoms with van der Waals surface area (Å²) >= 11 is 0. The van der Waals surface area contributed by atoms with Gasteiger partial charge in [0, 0.05) is 12.1 Å². The molecule has 0 spiro atoms. The molecule has 110 valence electrons. The van der Waals surface area contributed by atoms with E-state index in [4.69, 9.17) is 4.74 Å². The summed E-state index contributed by atoms with van der Waals surface area (Å²) in [5.74, 6) is -1.53. The van der Waals surface area contributed by atoms with Gasteiger partial charge in [-0.05, 0) is 30.9 Å². The van der Waals surface area contributed by atoms with Gasteiger partial charge < -0.3 is 10.1 Å². The summed E-state index contributed by atoms with van der Waals surface area (Å²) in [6, 6.07) is 3.40. The lowest BCUT2D eigenvalue weighted by atomic mass is 9.86. The number of amides is 1. The lowest BCUT2D eigenvalue weighted by molar-refractivity contribution is -0.124. The van der Waals surface area contributed by atoms with E-state index in [0.717, 1.165) is 31.4 Å². The van der Waals surface area contributed by atoms with Gasteiger partial charge in [0.25, 0.3) is 5.91 Å². The smallest absolute Gasteiger partial charge is 0.258 e. The van der Waals surface area contributed by atoms with Crippen LogP contribution in [0.5, 0.6) is 5.75 Å². The van der Waals surface area contributed by atoms with Gasteiger partial charge in [0.1, 0.15) is 5.75 Å². The second-order valence-corrected chi connectivity index (χ2v) is 5.30. The molecule has 1 amide bonds. The van der Waals surface area contributed by atoms with Crippen LogP contribution in [-0.2, 0) is 4.79 Å². The van der Waals surface area contributed by atoms with Gasteiger partial charge >= 0.3 is 0 Å². The van der Waals surface area contributed by atoms with Gasteiger partial charge in [-0.3, -0.25) is 4.79 Å². The zero-order valence-corrected chi connectivity index (χ0v) is 11.5. The van der Waals surface area contributed by atoms with E-state index in [9.17, 15) is 13.6 Å². The molecule has 1 aromatic carbocycles. The number of hydrogen-bond acceptors (Lipinski definition) is 2. The molecule has 0 aromatic heterocycles. The minimum atomic E-state index is -0.983. The van der Waals surface area contributed by atoms with Crippen molar-refractivity contribution in [3.05, 3.63) is 29.8 Å². The van der Waals surface area contributed by atoms with Gasteiger partial charge in [0.2, 0.25) is 0 Å². The van der Waals surface area contributed by atoms with Crippen LogP contribution >= 0.6 is 0 Å². The number of hydrogen-bond donors (Lipinski definition) is 1. The molecule has 1 fully saturated rings. The minimum absolute atomic E-state index is 0.149. The summed E-state index contributed by atoms with van der Waals surface area (Å²) in [6.45, 7) is 1.94. The third kappa shape index (κ3) is 3.92. The highest BCUT2D eigenvalue weighted by molar-refractivity contribution is 5.77. The van der Waals surface area contributed by atoms with Crippen LogP contribution in [0.15, 0.2) is 18.2 Å². The third-order valence-electron chi connectivity index (χ3n) is 3.72. The topological polar surface area (TPSA) is 38.3 Å². The quantitative estimate of drug-likeness (QED) is 0.922. The monoisotopic (exact) mass is 283 g/mol. The van der Waals surface area contributed by atoms with E-state index in [1.165, 1.54) is 12.5 Å². The molecule has 5 heteroatoms. The second kappa shape index (κ2) is 6.68. The Balaban J connectivity index is 1.81. The molecule has 0 bridgehead atoms. The Hall–Kier alpha value is -1.65. The molecule has 0 saturated heterocycles. The fraction of sp³-hybridized carbons (Fsp3) is 0.533. The highest BCUT2D eigenvalue weighted by atomic mass is 19.2. The summed E-state index contributed by atoms with van der Waals surface area (Å²) in [7, 11) is 0. The summed E-state index contributed by atoms with van der Waals surface area (Å²) < 4.78 is 30.9. The molecular weight excluding hydrogens is 264 g/mol. The first kappa shape index (κ1) is 14.8. The molecule has 1 aliphatic carbocycles. The zero-order valence-electron chi connectivity index (χ0n) is 11.5. The van der Waals surface area contributed by atoms with E-state index < -0.39 is 11.6 Å². The maximum atomic E-state index is 13.0. The Bertz CT molecular complexity index is 479. The van der Waals surface area contributed by atoms with Crippen molar-refractivity contribution >= 4 is 5.91 Å². The van der Waals surface area contributed by atoms with E-state index in [1.54, 1.807) is 0 Å². The Morgan fingerprint density at radius 2 is 2.05 bits per heavy atom. The fourth-order valence-electron chi connectivity index (χ4n) is 2.49. The summed E-state index contributed by atoms with van der Waals surface area (Å²) in [5, 5.41) is 2.93. The van der Waals surface area contributed by atoms with Crippen molar-refractivity contribution < 1.29 is 18.3 Å². The number of carbonyl (C=O) groups is 1. The largest absolute Gasteiger partial charge is 0.484 e. The van der Waals surface area contributed by atoms with Crippen molar-refractivity contribution in [3.63, 3.8) is 0 Å². The van der Waals surface area contributed by atoms with Gasteiger partial charge in [-0.2, -0.15) is 0 Å². The molecule has 1 saturated carbocycles. The maximum absolute atomic E-state index is 13.0. The van der Waals surface area contributed by atoms with Gasteiger partial charge in [0.15, 0.2) is 18.2 Å². The average Bonchev–Trinajstić information content (AvgIpc) is 2.43. The van der Waals surface area contributed by atoms with Crippen molar-refractivity contribution in [2.45, 2.75) is 38.6 Å². The molecule has 1 aliphatic rings. The Labute approximate surface area is 117 Å². The van der Waals surface area contributed by atoms with Gasteiger partial charge in [-0.15, -0.1) is 0 Å². The van der Waals surface area contributed by atoms with Gasteiger partial charge in [0.05, 0.1) is 0 Å². The van der Waals surface area contributed by atoms with E-state index in [1.807, 2.05) is 0 Å². The number of carbonyl (C=O) groups excluding carboxylic acids is 1. The summed E-state index contributed by atoms with van der Waals surface area (Å²) in [4.78, 5) is 11.8. The highest BCUT2D eigenvalue weighted by Gasteiger charge is 2.22. The van der Waals surface area contributed by atoms with Crippen LogP contribution in [0.4, 0.5) is 8.78 Å². The third-order valence-corrected chi connectivity index (χ3v) is 3.72. The van der Waals surface area contributed by atoms with Crippen molar-refractivity contribution in [2.75, 3.05) is 6.61 Å². The normalized spacial score (nSPS) is 22.4.